The van der Waals surface area contributed by atoms with Crippen molar-refractivity contribution >= 4 is 41.0 Å². The summed E-state index contributed by atoms with van der Waals surface area (Å²) in [6.45, 7) is 5.28. The number of nitrogens with one attached hydrogen (secondary N) is 2. The number of Topliss-reactive ketones (excluding diaryl/α,β-unsaturated/α-hetero) is 1. The molecule has 204 valence electrons. The van der Waals surface area contributed by atoms with Gasteiger partial charge in [-0.05, 0) is 76.1 Å². The van der Waals surface area contributed by atoms with Crippen molar-refractivity contribution in [3.63, 3.8) is 0 Å². The summed E-state index contributed by atoms with van der Waals surface area (Å²) >= 11 is 6.06. The van der Waals surface area contributed by atoms with E-state index in [1.165, 1.54) is 36.4 Å². The van der Waals surface area contributed by atoms with Crippen LogP contribution in [0.3, 0.4) is 0 Å². The van der Waals surface area contributed by atoms with Crippen LogP contribution in [-0.4, -0.2) is 60.4 Å². The van der Waals surface area contributed by atoms with Crippen LogP contribution in [0.1, 0.15) is 44.0 Å². The summed E-state index contributed by atoms with van der Waals surface area (Å²) in [7, 11) is 0. The third-order valence-electron chi connectivity index (χ3n) is 5.71. The van der Waals surface area contributed by atoms with Gasteiger partial charge in [0.15, 0.2) is 12.4 Å². The van der Waals surface area contributed by atoms with E-state index in [0.717, 1.165) is 0 Å². The summed E-state index contributed by atoms with van der Waals surface area (Å²) in [6.07, 6.45) is 0.257. The van der Waals surface area contributed by atoms with E-state index in [4.69, 9.17) is 21.1 Å². The van der Waals surface area contributed by atoms with Crippen molar-refractivity contribution in [2.75, 3.05) is 31.6 Å². The van der Waals surface area contributed by atoms with Gasteiger partial charge in [-0.3, -0.25) is 14.4 Å². The van der Waals surface area contributed by atoms with Crippen molar-refractivity contribution in [3.8, 4) is 5.75 Å². The maximum atomic E-state index is 13.1. The zero-order chi connectivity index (χ0) is 27.9. The number of amides is 3. The van der Waals surface area contributed by atoms with E-state index >= 15 is 0 Å². The Morgan fingerprint density at radius 2 is 1.71 bits per heavy atom. The van der Waals surface area contributed by atoms with Gasteiger partial charge in [0.1, 0.15) is 23.7 Å². The molecule has 1 aliphatic rings. The van der Waals surface area contributed by atoms with E-state index in [-0.39, 0.29) is 42.2 Å². The van der Waals surface area contributed by atoms with E-state index in [2.05, 4.69) is 10.6 Å². The number of halogens is 2. The lowest BCUT2D eigenvalue weighted by Crippen LogP contribution is -2.42. The Balaban J connectivity index is 1.50. The van der Waals surface area contributed by atoms with Gasteiger partial charge in [0.25, 0.3) is 5.91 Å². The fourth-order valence-corrected chi connectivity index (χ4v) is 4.03. The predicted octanol–water partition coefficient (Wildman–Crippen LogP) is 4.44. The Hall–Kier alpha value is -3.66. The number of carbonyl (C=O) groups excluding carboxylic acids is 4. The molecule has 0 spiro atoms. The van der Waals surface area contributed by atoms with Gasteiger partial charge >= 0.3 is 6.09 Å². The molecule has 0 bridgehead atoms. The molecule has 3 amide bonds. The molecule has 0 saturated carbocycles. The molecule has 9 nitrogen and oxygen atoms in total. The van der Waals surface area contributed by atoms with Crippen molar-refractivity contribution in [3.05, 3.63) is 58.9 Å². The average molecular weight is 548 g/mol. The molecule has 1 aliphatic heterocycles. The van der Waals surface area contributed by atoms with Crippen molar-refractivity contribution in [2.45, 2.75) is 39.2 Å². The first-order chi connectivity index (χ1) is 17.9. The molecular weight excluding hydrogens is 517 g/mol. The molecule has 0 unspecified atom stereocenters. The highest BCUT2D eigenvalue weighted by Gasteiger charge is 2.28. The van der Waals surface area contributed by atoms with Crippen LogP contribution < -0.4 is 15.4 Å². The summed E-state index contributed by atoms with van der Waals surface area (Å²) in [6, 6.07) is 10.0. The van der Waals surface area contributed by atoms with E-state index in [9.17, 15) is 23.6 Å². The second-order valence-electron chi connectivity index (χ2n) is 9.86. The number of likely N-dealkylation sites (tertiary alicyclic amines) is 1. The van der Waals surface area contributed by atoms with Crippen molar-refractivity contribution < 1.29 is 33.0 Å². The molecule has 1 fully saturated rings. The van der Waals surface area contributed by atoms with Gasteiger partial charge in [0, 0.05) is 29.6 Å². The lowest BCUT2D eigenvalue weighted by molar-refractivity contribution is -0.134. The quantitative estimate of drug-likeness (QED) is 0.472. The SMILES string of the molecule is CC(C)(C)OC(=O)NCC(=O)Nc1cc(Cl)ccc1OCC(=O)N1CCC(C(=O)c2ccc(F)cc2)CC1. The minimum absolute atomic E-state index is 0.0592. The number of hydrogen-bond acceptors (Lipinski definition) is 6. The maximum absolute atomic E-state index is 13.1. The molecule has 2 aromatic rings. The minimum atomic E-state index is -0.732. The average Bonchev–Trinajstić information content (AvgIpc) is 2.86. The highest BCUT2D eigenvalue weighted by atomic mass is 35.5. The lowest BCUT2D eigenvalue weighted by atomic mass is 9.89. The van der Waals surface area contributed by atoms with Crippen LogP contribution in [0.2, 0.25) is 5.02 Å². The number of hydrogen-bond donors (Lipinski definition) is 2. The van der Waals surface area contributed by atoms with Gasteiger partial charge in [0.05, 0.1) is 5.69 Å². The molecule has 1 saturated heterocycles. The molecular formula is C27H31ClFN3O6. The second kappa shape index (κ2) is 12.7. The Kier molecular flexibility index (Phi) is 9.68. The third kappa shape index (κ3) is 8.72. The monoisotopic (exact) mass is 547 g/mol. The summed E-state index contributed by atoms with van der Waals surface area (Å²) in [5.41, 5.74) is -0.00271. The number of ether oxygens (including phenoxy) is 2. The molecule has 2 aromatic carbocycles. The van der Waals surface area contributed by atoms with Gasteiger partial charge in [-0.1, -0.05) is 11.6 Å². The normalized spacial score (nSPS) is 14.0. The first-order valence-corrected chi connectivity index (χ1v) is 12.6. The molecule has 1 heterocycles. The standard InChI is InChI=1S/C27H31ClFN3O6/c1-27(2,3)38-26(36)30-15-23(33)31-21-14-19(28)6-9-22(21)37-16-24(34)32-12-10-18(11-13-32)25(35)17-4-7-20(29)8-5-17/h4-9,14,18H,10-13,15-16H2,1-3H3,(H,30,36)(H,31,33). The number of nitrogens with zero attached hydrogens (tertiary/aromatic N) is 1. The number of carbonyl (C=O) groups is 4. The van der Waals surface area contributed by atoms with Crippen LogP contribution in [0, 0.1) is 11.7 Å². The topological polar surface area (TPSA) is 114 Å². The Labute approximate surface area is 225 Å². The first-order valence-electron chi connectivity index (χ1n) is 12.2. The minimum Gasteiger partial charge on any atom is -0.482 e. The largest absolute Gasteiger partial charge is 0.482 e. The van der Waals surface area contributed by atoms with Gasteiger partial charge in [0.2, 0.25) is 5.91 Å². The van der Waals surface area contributed by atoms with Crippen LogP contribution in [0.5, 0.6) is 5.75 Å². The molecule has 3 rings (SSSR count). The second-order valence-corrected chi connectivity index (χ2v) is 10.3. The van der Waals surface area contributed by atoms with Gasteiger partial charge in [-0.25, -0.2) is 9.18 Å². The van der Waals surface area contributed by atoms with Crippen LogP contribution in [0.4, 0.5) is 14.9 Å². The van der Waals surface area contributed by atoms with Gasteiger partial charge in [-0.2, -0.15) is 0 Å². The molecule has 38 heavy (non-hydrogen) atoms. The Morgan fingerprint density at radius 1 is 1.05 bits per heavy atom. The fourth-order valence-electron chi connectivity index (χ4n) is 3.86. The molecule has 0 aliphatic carbocycles. The Bertz CT molecular complexity index is 1170. The van der Waals surface area contributed by atoms with Crippen LogP contribution >= 0.6 is 11.6 Å². The number of piperidine rings is 1. The van der Waals surface area contributed by atoms with E-state index in [1.807, 2.05) is 0 Å². The summed E-state index contributed by atoms with van der Waals surface area (Å²) in [5.74, 6) is -1.27. The zero-order valence-electron chi connectivity index (χ0n) is 21.5. The highest BCUT2D eigenvalue weighted by molar-refractivity contribution is 6.31. The van der Waals surface area contributed by atoms with Crippen LogP contribution in [0.25, 0.3) is 0 Å². The number of rotatable bonds is 8. The molecule has 0 atom stereocenters. The third-order valence-corrected chi connectivity index (χ3v) is 5.94. The highest BCUT2D eigenvalue weighted by Crippen LogP contribution is 2.28. The van der Waals surface area contributed by atoms with E-state index in [1.54, 1.807) is 31.7 Å². The molecule has 0 aromatic heterocycles. The maximum Gasteiger partial charge on any atom is 0.408 e. The Morgan fingerprint density at radius 3 is 2.34 bits per heavy atom. The fraction of sp³-hybridized carbons (Fsp3) is 0.407. The van der Waals surface area contributed by atoms with Gasteiger partial charge < -0.3 is 25.0 Å². The zero-order valence-corrected chi connectivity index (χ0v) is 22.3. The van der Waals surface area contributed by atoms with Crippen molar-refractivity contribution in [2.24, 2.45) is 5.92 Å². The number of ketones is 1. The summed E-state index contributed by atoms with van der Waals surface area (Å²) in [5, 5.41) is 5.31. The number of benzene rings is 2. The van der Waals surface area contributed by atoms with E-state index in [0.29, 0.717) is 36.5 Å². The molecule has 11 heteroatoms. The number of alkyl carbamates (subject to hydrolysis) is 1. The number of anilines is 1. The van der Waals surface area contributed by atoms with Crippen LogP contribution in [-0.2, 0) is 14.3 Å². The van der Waals surface area contributed by atoms with Crippen LogP contribution in [0.15, 0.2) is 42.5 Å². The first kappa shape index (κ1) is 28.9. The van der Waals surface area contributed by atoms with Crippen molar-refractivity contribution in [1.29, 1.82) is 0 Å². The van der Waals surface area contributed by atoms with Gasteiger partial charge in [-0.15, -0.1) is 0 Å². The summed E-state index contributed by atoms with van der Waals surface area (Å²) < 4.78 is 23.9. The van der Waals surface area contributed by atoms with E-state index < -0.39 is 23.4 Å². The molecule has 0 radical (unpaired) electrons. The lowest BCUT2D eigenvalue weighted by Gasteiger charge is -2.31. The van der Waals surface area contributed by atoms with Crippen molar-refractivity contribution in [1.82, 2.24) is 10.2 Å². The molecule has 2 N–H and O–H groups in total. The smallest absolute Gasteiger partial charge is 0.408 e. The summed E-state index contributed by atoms with van der Waals surface area (Å²) in [4.78, 5) is 51.1. The predicted molar refractivity (Wildman–Crippen MR) is 140 cm³/mol.